The van der Waals surface area contributed by atoms with Crippen molar-refractivity contribution in [1.29, 1.82) is 0 Å². The van der Waals surface area contributed by atoms with Gasteiger partial charge in [-0.05, 0) is 25.8 Å². The topological polar surface area (TPSA) is 63.6 Å². The van der Waals surface area contributed by atoms with Crippen LogP contribution in [-0.2, 0) is 14.3 Å². The van der Waals surface area contributed by atoms with E-state index in [2.05, 4.69) is 0 Å². The first kappa shape index (κ1) is 9.40. The molecule has 1 aliphatic heterocycles. The predicted octanol–water partition coefficient (Wildman–Crippen LogP) is 0.547. The van der Waals surface area contributed by atoms with Crippen molar-refractivity contribution in [2.45, 2.75) is 33.0 Å². The SMILES string of the molecule is CC1=C2C(O)OC(=O)C2(C)CCC1=O. The molecule has 0 aromatic carbocycles. The second-order valence-corrected chi connectivity index (χ2v) is 4.05. The molecule has 0 saturated carbocycles. The molecule has 2 unspecified atom stereocenters. The van der Waals surface area contributed by atoms with Crippen molar-refractivity contribution in [3.05, 3.63) is 11.1 Å². The van der Waals surface area contributed by atoms with Crippen LogP contribution in [0.5, 0.6) is 0 Å². The Morgan fingerprint density at radius 2 is 2.14 bits per heavy atom. The van der Waals surface area contributed by atoms with Crippen LogP contribution in [0, 0.1) is 5.41 Å². The van der Waals surface area contributed by atoms with Crippen molar-refractivity contribution >= 4 is 11.8 Å². The number of aliphatic hydroxyl groups is 1. The van der Waals surface area contributed by atoms with Gasteiger partial charge in [0.15, 0.2) is 5.78 Å². The van der Waals surface area contributed by atoms with Gasteiger partial charge in [0.2, 0.25) is 6.29 Å². The van der Waals surface area contributed by atoms with E-state index >= 15 is 0 Å². The number of hydrogen-bond donors (Lipinski definition) is 1. The lowest BCUT2D eigenvalue weighted by molar-refractivity contribution is -0.157. The molecule has 2 rings (SSSR count). The third-order valence-corrected chi connectivity index (χ3v) is 3.18. The number of esters is 1. The Bertz CT molecular complexity index is 355. The molecule has 0 spiro atoms. The molecule has 1 saturated heterocycles. The Morgan fingerprint density at radius 3 is 2.79 bits per heavy atom. The molecule has 1 fully saturated rings. The van der Waals surface area contributed by atoms with Crippen LogP contribution in [0.3, 0.4) is 0 Å². The van der Waals surface area contributed by atoms with Gasteiger partial charge in [0.1, 0.15) is 0 Å². The lowest BCUT2D eigenvalue weighted by Gasteiger charge is -2.26. The molecule has 76 valence electrons. The first-order chi connectivity index (χ1) is 6.47. The standard InChI is InChI=1S/C10H12O4/c1-5-6(11)3-4-10(2)7(5)8(12)14-9(10)13/h8,12H,3-4H2,1-2H3. The smallest absolute Gasteiger partial charge is 0.318 e. The van der Waals surface area contributed by atoms with E-state index in [-0.39, 0.29) is 5.78 Å². The van der Waals surface area contributed by atoms with E-state index < -0.39 is 17.7 Å². The van der Waals surface area contributed by atoms with Crippen molar-refractivity contribution in [3.8, 4) is 0 Å². The van der Waals surface area contributed by atoms with E-state index in [0.717, 1.165) is 0 Å². The molecular weight excluding hydrogens is 184 g/mol. The first-order valence-corrected chi connectivity index (χ1v) is 4.60. The monoisotopic (exact) mass is 196 g/mol. The molecule has 1 heterocycles. The lowest BCUT2D eigenvalue weighted by Crippen LogP contribution is -2.31. The van der Waals surface area contributed by atoms with Gasteiger partial charge < -0.3 is 9.84 Å². The van der Waals surface area contributed by atoms with Gasteiger partial charge in [-0.25, -0.2) is 0 Å². The summed E-state index contributed by atoms with van der Waals surface area (Å²) in [4.78, 5) is 22.9. The molecule has 2 atom stereocenters. The fourth-order valence-corrected chi connectivity index (χ4v) is 2.21. The second-order valence-electron chi connectivity index (χ2n) is 4.05. The van der Waals surface area contributed by atoms with Crippen molar-refractivity contribution in [3.63, 3.8) is 0 Å². The summed E-state index contributed by atoms with van der Waals surface area (Å²) in [5.41, 5.74) is 0.160. The van der Waals surface area contributed by atoms with Gasteiger partial charge in [0.25, 0.3) is 0 Å². The highest BCUT2D eigenvalue weighted by Gasteiger charge is 2.52. The van der Waals surface area contributed by atoms with Crippen LogP contribution in [0.1, 0.15) is 26.7 Å². The average molecular weight is 196 g/mol. The summed E-state index contributed by atoms with van der Waals surface area (Å²) >= 11 is 0. The number of carbonyl (C=O) groups is 2. The summed E-state index contributed by atoms with van der Waals surface area (Å²) in [5.74, 6) is -0.429. The first-order valence-electron chi connectivity index (χ1n) is 4.60. The number of aliphatic hydroxyl groups excluding tert-OH is 1. The second kappa shape index (κ2) is 2.67. The summed E-state index contributed by atoms with van der Waals surface area (Å²) < 4.78 is 4.74. The van der Waals surface area contributed by atoms with Crippen molar-refractivity contribution < 1.29 is 19.4 Å². The molecule has 1 aliphatic carbocycles. The van der Waals surface area contributed by atoms with Crippen molar-refractivity contribution in [2.24, 2.45) is 5.41 Å². The highest BCUT2D eigenvalue weighted by Crippen LogP contribution is 2.46. The van der Waals surface area contributed by atoms with Crippen LogP contribution in [0.25, 0.3) is 0 Å². The van der Waals surface area contributed by atoms with Crippen molar-refractivity contribution in [1.82, 2.24) is 0 Å². The normalized spacial score (nSPS) is 37.2. The Balaban J connectivity index is 2.59. The zero-order chi connectivity index (χ0) is 10.5. The molecule has 1 N–H and O–H groups in total. The highest BCUT2D eigenvalue weighted by atomic mass is 16.6. The van der Waals surface area contributed by atoms with Gasteiger partial charge in [-0.3, -0.25) is 9.59 Å². The average Bonchev–Trinajstić information content (AvgIpc) is 2.33. The number of allylic oxidation sites excluding steroid dienone is 1. The van der Waals surface area contributed by atoms with E-state index in [9.17, 15) is 14.7 Å². The minimum absolute atomic E-state index is 0.00479. The van der Waals surface area contributed by atoms with E-state index in [4.69, 9.17) is 4.74 Å². The fourth-order valence-electron chi connectivity index (χ4n) is 2.21. The number of fused-ring (bicyclic) bond motifs is 1. The van der Waals surface area contributed by atoms with Crippen LogP contribution in [-0.4, -0.2) is 23.1 Å². The number of Topliss-reactive ketones (excluding diaryl/α,β-unsaturated/α-hetero) is 1. The molecule has 0 amide bonds. The number of hydrogen-bond acceptors (Lipinski definition) is 4. The fraction of sp³-hybridized carbons (Fsp3) is 0.600. The van der Waals surface area contributed by atoms with Crippen LogP contribution in [0.4, 0.5) is 0 Å². The van der Waals surface area contributed by atoms with E-state index in [1.54, 1.807) is 13.8 Å². The Kier molecular flexibility index (Phi) is 1.79. The number of carbonyl (C=O) groups excluding carboxylic acids is 2. The van der Waals surface area contributed by atoms with Crippen LogP contribution < -0.4 is 0 Å². The molecule has 4 heteroatoms. The lowest BCUT2D eigenvalue weighted by atomic mass is 9.72. The Labute approximate surface area is 81.6 Å². The number of cyclic esters (lactones) is 1. The number of ketones is 1. The molecule has 14 heavy (non-hydrogen) atoms. The molecule has 4 nitrogen and oxygen atoms in total. The maximum Gasteiger partial charge on any atom is 0.318 e. The molecule has 0 aromatic rings. The number of rotatable bonds is 0. The predicted molar refractivity (Wildman–Crippen MR) is 47.1 cm³/mol. The zero-order valence-electron chi connectivity index (χ0n) is 8.16. The Hall–Kier alpha value is -1.16. The molecule has 2 aliphatic rings. The van der Waals surface area contributed by atoms with Crippen LogP contribution in [0.15, 0.2) is 11.1 Å². The zero-order valence-corrected chi connectivity index (χ0v) is 8.16. The van der Waals surface area contributed by atoms with Crippen molar-refractivity contribution in [2.75, 3.05) is 0 Å². The van der Waals surface area contributed by atoms with Gasteiger partial charge in [-0.1, -0.05) is 0 Å². The molecule has 0 radical (unpaired) electrons. The maximum absolute atomic E-state index is 11.5. The van der Waals surface area contributed by atoms with Gasteiger partial charge >= 0.3 is 5.97 Å². The summed E-state index contributed by atoms with van der Waals surface area (Å²) in [5, 5.41) is 9.50. The number of ether oxygens (including phenoxy) is 1. The Morgan fingerprint density at radius 1 is 1.50 bits per heavy atom. The van der Waals surface area contributed by atoms with E-state index in [1.165, 1.54) is 0 Å². The largest absolute Gasteiger partial charge is 0.431 e. The summed E-state index contributed by atoms with van der Waals surface area (Å²) in [7, 11) is 0. The summed E-state index contributed by atoms with van der Waals surface area (Å²) in [6.45, 7) is 3.36. The molecule has 0 bridgehead atoms. The van der Waals surface area contributed by atoms with Gasteiger partial charge in [-0.2, -0.15) is 0 Å². The molecular formula is C10H12O4. The third-order valence-electron chi connectivity index (χ3n) is 3.18. The third kappa shape index (κ3) is 0.973. The van der Waals surface area contributed by atoms with Gasteiger partial charge in [0.05, 0.1) is 5.41 Å². The van der Waals surface area contributed by atoms with Gasteiger partial charge in [0, 0.05) is 12.0 Å². The summed E-state index contributed by atoms with van der Waals surface area (Å²) in [6.07, 6.45) is -0.432. The molecule has 0 aromatic heterocycles. The van der Waals surface area contributed by atoms with E-state index in [1.807, 2.05) is 0 Å². The van der Waals surface area contributed by atoms with E-state index in [0.29, 0.717) is 24.0 Å². The minimum atomic E-state index is -1.23. The highest BCUT2D eigenvalue weighted by molar-refractivity contribution is 6.00. The minimum Gasteiger partial charge on any atom is -0.431 e. The van der Waals surface area contributed by atoms with Crippen LogP contribution >= 0.6 is 0 Å². The summed E-state index contributed by atoms with van der Waals surface area (Å²) in [6, 6.07) is 0. The van der Waals surface area contributed by atoms with Gasteiger partial charge in [-0.15, -0.1) is 0 Å². The van der Waals surface area contributed by atoms with Crippen LogP contribution in [0.2, 0.25) is 0 Å². The quantitative estimate of drug-likeness (QED) is 0.574. The maximum atomic E-state index is 11.5.